The number of likely N-dealkylation sites (tertiary alicyclic amines) is 1. The SMILES string of the molecule is CCOC(=O)c1ccc(NC(=O)N2CCCC[C@H]2C)cc1. The molecule has 1 heterocycles. The van der Waals surface area contributed by atoms with Crippen LogP contribution in [-0.2, 0) is 4.74 Å². The summed E-state index contributed by atoms with van der Waals surface area (Å²) in [5.41, 5.74) is 1.17. The number of carbonyl (C=O) groups excluding carboxylic acids is 2. The zero-order valence-corrected chi connectivity index (χ0v) is 12.6. The van der Waals surface area contributed by atoms with Crippen molar-refractivity contribution in [1.82, 2.24) is 4.90 Å². The minimum atomic E-state index is -0.347. The van der Waals surface area contributed by atoms with E-state index in [1.54, 1.807) is 31.2 Å². The van der Waals surface area contributed by atoms with E-state index < -0.39 is 0 Å². The highest BCUT2D eigenvalue weighted by Crippen LogP contribution is 2.18. The minimum Gasteiger partial charge on any atom is -0.462 e. The van der Waals surface area contributed by atoms with Gasteiger partial charge in [0.25, 0.3) is 0 Å². The second-order valence-electron chi connectivity index (χ2n) is 5.27. The van der Waals surface area contributed by atoms with Gasteiger partial charge in [-0.15, -0.1) is 0 Å². The number of amides is 2. The van der Waals surface area contributed by atoms with E-state index in [2.05, 4.69) is 12.2 Å². The maximum absolute atomic E-state index is 12.2. The van der Waals surface area contributed by atoms with Crippen LogP contribution in [0.3, 0.4) is 0 Å². The molecule has 0 unspecified atom stereocenters. The number of anilines is 1. The fraction of sp³-hybridized carbons (Fsp3) is 0.500. The van der Waals surface area contributed by atoms with Crippen LogP contribution >= 0.6 is 0 Å². The van der Waals surface area contributed by atoms with E-state index >= 15 is 0 Å². The third-order valence-electron chi connectivity index (χ3n) is 3.71. The fourth-order valence-electron chi connectivity index (χ4n) is 2.50. The van der Waals surface area contributed by atoms with Crippen LogP contribution in [0.25, 0.3) is 0 Å². The van der Waals surface area contributed by atoms with Crippen LogP contribution in [0.5, 0.6) is 0 Å². The summed E-state index contributed by atoms with van der Waals surface area (Å²) in [6, 6.07) is 6.96. The summed E-state index contributed by atoms with van der Waals surface area (Å²) >= 11 is 0. The first-order chi connectivity index (χ1) is 10.1. The van der Waals surface area contributed by atoms with Gasteiger partial charge >= 0.3 is 12.0 Å². The van der Waals surface area contributed by atoms with Crippen molar-refractivity contribution in [3.63, 3.8) is 0 Å². The number of rotatable bonds is 3. The number of esters is 1. The quantitative estimate of drug-likeness (QED) is 0.869. The highest BCUT2D eigenvalue weighted by molar-refractivity contribution is 5.92. The van der Waals surface area contributed by atoms with E-state index in [0.717, 1.165) is 19.4 Å². The van der Waals surface area contributed by atoms with Gasteiger partial charge in [0.05, 0.1) is 12.2 Å². The first kappa shape index (κ1) is 15.4. The third kappa shape index (κ3) is 3.97. The highest BCUT2D eigenvalue weighted by Gasteiger charge is 2.23. The van der Waals surface area contributed by atoms with Crippen molar-refractivity contribution in [1.29, 1.82) is 0 Å². The Hall–Kier alpha value is -2.04. The summed E-state index contributed by atoms with van der Waals surface area (Å²) in [6.07, 6.45) is 3.29. The van der Waals surface area contributed by atoms with Crippen molar-refractivity contribution in [2.75, 3.05) is 18.5 Å². The maximum Gasteiger partial charge on any atom is 0.338 e. The van der Waals surface area contributed by atoms with E-state index in [1.807, 2.05) is 4.90 Å². The first-order valence-electron chi connectivity index (χ1n) is 7.46. The number of piperidine rings is 1. The summed E-state index contributed by atoms with van der Waals surface area (Å²) in [4.78, 5) is 25.6. The largest absolute Gasteiger partial charge is 0.462 e. The van der Waals surface area contributed by atoms with Crippen molar-refractivity contribution in [3.05, 3.63) is 29.8 Å². The van der Waals surface area contributed by atoms with E-state index in [9.17, 15) is 9.59 Å². The number of hydrogen-bond acceptors (Lipinski definition) is 3. The molecule has 5 heteroatoms. The monoisotopic (exact) mass is 290 g/mol. The average Bonchev–Trinajstić information content (AvgIpc) is 2.48. The van der Waals surface area contributed by atoms with Crippen LogP contribution in [0.4, 0.5) is 10.5 Å². The number of nitrogens with one attached hydrogen (secondary N) is 1. The van der Waals surface area contributed by atoms with Crippen LogP contribution in [-0.4, -0.2) is 36.1 Å². The second kappa shape index (κ2) is 7.11. The molecule has 0 spiro atoms. The lowest BCUT2D eigenvalue weighted by molar-refractivity contribution is 0.0526. The van der Waals surface area contributed by atoms with E-state index in [0.29, 0.717) is 17.9 Å². The highest BCUT2D eigenvalue weighted by atomic mass is 16.5. The second-order valence-corrected chi connectivity index (χ2v) is 5.27. The summed E-state index contributed by atoms with van der Waals surface area (Å²) in [5, 5.41) is 2.88. The van der Waals surface area contributed by atoms with Crippen molar-refractivity contribution >= 4 is 17.7 Å². The molecule has 1 N–H and O–H groups in total. The Bertz CT molecular complexity index is 499. The molecule has 1 atom stereocenters. The molecule has 0 radical (unpaired) electrons. The number of nitrogens with zero attached hydrogens (tertiary/aromatic N) is 1. The molecule has 0 aromatic heterocycles. The van der Waals surface area contributed by atoms with Gasteiger partial charge in [-0.1, -0.05) is 0 Å². The molecule has 0 aliphatic carbocycles. The molecular weight excluding hydrogens is 268 g/mol. The van der Waals surface area contributed by atoms with E-state index in [-0.39, 0.29) is 18.0 Å². The summed E-state index contributed by atoms with van der Waals surface area (Å²) < 4.78 is 4.92. The van der Waals surface area contributed by atoms with Gasteiger partial charge in [-0.2, -0.15) is 0 Å². The average molecular weight is 290 g/mol. The van der Waals surface area contributed by atoms with Gasteiger partial charge in [-0.25, -0.2) is 9.59 Å². The minimum absolute atomic E-state index is 0.0777. The van der Waals surface area contributed by atoms with Gasteiger partial charge < -0.3 is 15.0 Å². The van der Waals surface area contributed by atoms with Crippen molar-refractivity contribution in [3.8, 4) is 0 Å². The molecule has 1 aromatic rings. The molecule has 1 aliphatic heterocycles. The number of carbonyl (C=O) groups is 2. The number of ether oxygens (including phenoxy) is 1. The molecule has 114 valence electrons. The Labute approximate surface area is 125 Å². The zero-order valence-electron chi connectivity index (χ0n) is 12.6. The molecule has 21 heavy (non-hydrogen) atoms. The maximum atomic E-state index is 12.2. The number of urea groups is 1. The van der Waals surface area contributed by atoms with E-state index in [4.69, 9.17) is 4.74 Å². The van der Waals surface area contributed by atoms with Gasteiger partial charge in [0.1, 0.15) is 0 Å². The Kier molecular flexibility index (Phi) is 5.20. The normalized spacial score (nSPS) is 18.2. The first-order valence-corrected chi connectivity index (χ1v) is 7.46. The van der Waals surface area contributed by atoms with Crippen LogP contribution in [0.1, 0.15) is 43.5 Å². The Balaban J connectivity index is 1.96. The van der Waals surface area contributed by atoms with E-state index in [1.165, 1.54) is 6.42 Å². The molecule has 1 aromatic carbocycles. The van der Waals surface area contributed by atoms with Crippen LogP contribution in [0.2, 0.25) is 0 Å². The molecule has 2 amide bonds. The predicted molar refractivity (Wildman–Crippen MR) is 81.4 cm³/mol. The van der Waals surface area contributed by atoms with Crippen LogP contribution < -0.4 is 5.32 Å². The third-order valence-corrected chi connectivity index (χ3v) is 3.71. The summed E-state index contributed by atoms with van der Waals surface area (Å²) in [5.74, 6) is -0.347. The topological polar surface area (TPSA) is 58.6 Å². The lowest BCUT2D eigenvalue weighted by atomic mass is 10.0. The smallest absolute Gasteiger partial charge is 0.338 e. The molecule has 0 bridgehead atoms. The molecule has 1 saturated heterocycles. The van der Waals surface area contributed by atoms with Crippen molar-refractivity contribution in [2.24, 2.45) is 0 Å². The van der Waals surface area contributed by atoms with Gasteiger partial charge in [0.2, 0.25) is 0 Å². The molecular formula is C16H22N2O3. The van der Waals surface area contributed by atoms with Gasteiger partial charge in [0.15, 0.2) is 0 Å². The lowest BCUT2D eigenvalue weighted by Crippen LogP contribution is -2.44. The lowest BCUT2D eigenvalue weighted by Gasteiger charge is -2.33. The molecule has 0 saturated carbocycles. The number of hydrogen-bond donors (Lipinski definition) is 1. The fourth-order valence-corrected chi connectivity index (χ4v) is 2.50. The van der Waals surface area contributed by atoms with Gasteiger partial charge in [-0.05, 0) is 57.4 Å². The van der Waals surface area contributed by atoms with Crippen LogP contribution in [0.15, 0.2) is 24.3 Å². The molecule has 2 rings (SSSR count). The molecule has 1 fully saturated rings. The Morgan fingerprint density at radius 2 is 2.00 bits per heavy atom. The van der Waals surface area contributed by atoms with Crippen LogP contribution in [0, 0.1) is 0 Å². The van der Waals surface area contributed by atoms with Crippen molar-refractivity contribution < 1.29 is 14.3 Å². The molecule has 1 aliphatic rings. The summed E-state index contributed by atoms with van der Waals surface area (Å²) in [6.45, 7) is 4.99. The summed E-state index contributed by atoms with van der Waals surface area (Å²) in [7, 11) is 0. The van der Waals surface area contributed by atoms with Crippen molar-refractivity contribution in [2.45, 2.75) is 39.2 Å². The van der Waals surface area contributed by atoms with Gasteiger partial charge in [0, 0.05) is 18.3 Å². The molecule has 5 nitrogen and oxygen atoms in total. The standard InChI is InChI=1S/C16H22N2O3/c1-3-21-15(19)13-7-9-14(10-8-13)17-16(20)18-11-5-4-6-12(18)2/h7-10,12H,3-6,11H2,1-2H3,(H,17,20)/t12-/m1/s1. The predicted octanol–water partition coefficient (Wildman–Crippen LogP) is 3.27. The zero-order chi connectivity index (χ0) is 15.2. The Morgan fingerprint density at radius 1 is 1.29 bits per heavy atom. The number of benzene rings is 1. The Morgan fingerprint density at radius 3 is 2.62 bits per heavy atom. The van der Waals surface area contributed by atoms with Gasteiger partial charge in [-0.3, -0.25) is 0 Å².